The molecule has 1 unspecified atom stereocenters. The van der Waals surface area contributed by atoms with Gasteiger partial charge in [0, 0.05) is 0 Å². The molecule has 0 fully saturated rings. The molecule has 0 rings (SSSR count). The summed E-state index contributed by atoms with van der Waals surface area (Å²) in [5.41, 5.74) is 0. The molecule has 0 saturated carbocycles. The summed E-state index contributed by atoms with van der Waals surface area (Å²) in [4.78, 5) is 0. The zero-order valence-electron chi connectivity index (χ0n) is 5.55. The van der Waals surface area contributed by atoms with Crippen LogP contribution in [-0.2, 0) is 0 Å². The second-order valence-corrected chi connectivity index (χ2v) is 3.46. The van der Waals surface area contributed by atoms with E-state index < -0.39 is 0 Å². The Morgan fingerprint density at radius 1 is 1.50 bits per heavy atom. The van der Waals surface area contributed by atoms with Gasteiger partial charge in [0.25, 0.3) is 0 Å². The molecule has 0 radical (unpaired) electrons. The summed E-state index contributed by atoms with van der Waals surface area (Å²) in [5, 5.41) is 2.13. The van der Waals surface area contributed by atoms with Gasteiger partial charge in [0.2, 0.25) is 0 Å². The summed E-state index contributed by atoms with van der Waals surface area (Å²) in [6, 6.07) is 0. The van der Waals surface area contributed by atoms with Crippen molar-refractivity contribution < 1.29 is 0 Å². The molecule has 0 aliphatic heterocycles. The van der Waals surface area contributed by atoms with Crippen LogP contribution in [0.3, 0.4) is 0 Å². The zero-order chi connectivity index (χ0) is 6.41. The molecular formula is C5H9LiS2. The van der Waals surface area contributed by atoms with E-state index in [0.717, 1.165) is 0 Å². The first-order chi connectivity index (χ1) is 3.81. The molecule has 0 N–H and O–H groups in total. The Hall–Kier alpha value is 1.04. The third-order valence-corrected chi connectivity index (χ3v) is 2.19. The average molecular weight is 140 g/mol. The first-order valence-corrected chi connectivity index (χ1v) is 5.11. The number of hydrogen-bond acceptors (Lipinski definition) is 2. The van der Waals surface area contributed by atoms with Crippen molar-refractivity contribution in [3.63, 3.8) is 0 Å². The first kappa shape index (κ1) is 9.04. The Morgan fingerprint density at radius 2 is 2.12 bits per heavy atom. The van der Waals surface area contributed by atoms with Crippen LogP contribution in [0.15, 0.2) is 11.5 Å². The predicted octanol–water partition coefficient (Wildman–Crippen LogP) is 1.72. The molecule has 0 aromatic carbocycles. The summed E-state index contributed by atoms with van der Waals surface area (Å²) < 4.78 is 0.669. The molecule has 0 bridgehead atoms. The fourth-order valence-corrected chi connectivity index (χ4v) is 0.996. The van der Waals surface area contributed by atoms with E-state index in [4.69, 9.17) is 0 Å². The topological polar surface area (TPSA) is 0 Å². The van der Waals surface area contributed by atoms with Crippen molar-refractivity contribution in [3.05, 3.63) is 11.5 Å². The Morgan fingerprint density at radius 3 is 2.50 bits per heavy atom. The van der Waals surface area contributed by atoms with Crippen molar-refractivity contribution in [1.29, 1.82) is 0 Å². The Balaban J connectivity index is 3.21. The Bertz CT molecular complexity index is 72.8. The van der Waals surface area contributed by atoms with Gasteiger partial charge in [0.15, 0.2) is 0 Å². The molecule has 0 aromatic rings. The second kappa shape index (κ2) is 6.16. The maximum absolute atomic E-state index is 2.20. The molecule has 0 spiro atoms. The van der Waals surface area contributed by atoms with Crippen LogP contribution in [0.2, 0.25) is 0 Å². The summed E-state index contributed by atoms with van der Waals surface area (Å²) >= 11 is 5.81. The fraction of sp³-hybridized carbons (Fsp3) is 0.600. The van der Waals surface area contributed by atoms with E-state index in [1.807, 2.05) is 11.8 Å². The molecule has 8 heavy (non-hydrogen) atoms. The molecule has 0 nitrogen and oxygen atoms in total. The minimum absolute atomic E-state index is 0.669. The summed E-state index contributed by atoms with van der Waals surface area (Å²) in [6.45, 7) is 0. The summed E-state index contributed by atoms with van der Waals surface area (Å²) in [7, 11) is 0. The van der Waals surface area contributed by atoms with E-state index in [2.05, 4.69) is 41.7 Å². The van der Waals surface area contributed by atoms with Crippen LogP contribution in [-0.4, -0.2) is 34.1 Å². The van der Waals surface area contributed by atoms with Gasteiger partial charge in [0.05, 0.1) is 0 Å². The van der Waals surface area contributed by atoms with Crippen LogP contribution >= 0.6 is 23.5 Å². The number of thioether (sulfide) groups is 2. The number of rotatable bonds is 3. The van der Waals surface area contributed by atoms with Crippen LogP contribution in [0.1, 0.15) is 0 Å². The van der Waals surface area contributed by atoms with Gasteiger partial charge in [-0.15, -0.1) is 0 Å². The third kappa shape index (κ3) is 5.18. The molecule has 0 aliphatic carbocycles. The first-order valence-electron chi connectivity index (χ1n) is 2.53. The van der Waals surface area contributed by atoms with Crippen molar-refractivity contribution >= 4 is 41.2 Å². The van der Waals surface area contributed by atoms with Crippen LogP contribution in [0, 0.1) is 0 Å². The molecule has 42 valence electrons. The predicted molar refractivity (Wildman–Crippen MR) is 45.7 cm³/mol. The van der Waals surface area contributed by atoms with Crippen LogP contribution in [0.5, 0.6) is 0 Å². The SMILES string of the molecule is [Li][CH](C=CSC)SC. The third-order valence-electron chi connectivity index (χ3n) is 0.857. The average Bonchev–Trinajstić information content (AvgIpc) is 1.83. The van der Waals surface area contributed by atoms with E-state index in [1.54, 1.807) is 11.8 Å². The molecule has 0 saturated heterocycles. The minimum atomic E-state index is 0.669. The van der Waals surface area contributed by atoms with Crippen molar-refractivity contribution in [2.24, 2.45) is 0 Å². The van der Waals surface area contributed by atoms with E-state index in [-0.39, 0.29) is 0 Å². The van der Waals surface area contributed by atoms with Crippen molar-refractivity contribution in [2.45, 2.75) is 3.92 Å². The molecule has 0 amide bonds. The van der Waals surface area contributed by atoms with E-state index in [9.17, 15) is 0 Å². The summed E-state index contributed by atoms with van der Waals surface area (Å²) in [5.74, 6) is 0. The van der Waals surface area contributed by atoms with Gasteiger partial charge in [0.1, 0.15) is 0 Å². The quantitative estimate of drug-likeness (QED) is 0.547. The van der Waals surface area contributed by atoms with Crippen molar-refractivity contribution in [2.75, 3.05) is 12.5 Å². The monoisotopic (exact) mass is 140 g/mol. The van der Waals surface area contributed by atoms with Gasteiger partial charge in [-0.2, -0.15) is 0 Å². The van der Waals surface area contributed by atoms with Crippen LogP contribution in [0.25, 0.3) is 0 Å². The molecule has 0 aromatic heterocycles. The molecule has 3 heteroatoms. The fourth-order valence-electron chi connectivity index (χ4n) is 0.268. The summed E-state index contributed by atoms with van der Waals surface area (Å²) in [6.07, 6.45) is 6.40. The van der Waals surface area contributed by atoms with Crippen LogP contribution in [0.4, 0.5) is 0 Å². The van der Waals surface area contributed by atoms with Gasteiger partial charge in [-0.05, 0) is 0 Å². The van der Waals surface area contributed by atoms with Gasteiger partial charge < -0.3 is 0 Å². The molecule has 1 atom stereocenters. The van der Waals surface area contributed by atoms with Crippen molar-refractivity contribution in [3.8, 4) is 0 Å². The van der Waals surface area contributed by atoms with Gasteiger partial charge in [-0.25, -0.2) is 0 Å². The normalized spacial score (nSPS) is 15.0. The van der Waals surface area contributed by atoms with E-state index >= 15 is 0 Å². The number of hydrogen-bond donors (Lipinski definition) is 0. The van der Waals surface area contributed by atoms with E-state index in [1.165, 1.54) is 0 Å². The van der Waals surface area contributed by atoms with Gasteiger partial charge in [-0.3, -0.25) is 0 Å². The standard InChI is InChI=1S/C5H9S2.Li/c1-6-4-3-5-7-2;/h3-5H,1-2H3;. The molecule has 0 aliphatic rings. The van der Waals surface area contributed by atoms with E-state index in [0.29, 0.717) is 3.92 Å². The molecular weight excluding hydrogens is 131 g/mol. The Kier molecular flexibility index (Phi) is 6.96. The van der Waals surface area contributed by atoms with Crippen LogP contribution < -0.4 is 0 Å². The Labute approximate surface area is 69.1 Å². The molecule has 0 heterocycles. The zero-order valence-corrected chi connectivity index (χ0v) is 7.18. The maximum atomic E-state index is 2.20. The van der Waals surface area contributed by atoms with Crippen molar-refractivity contribution in [1.82, 2.24) is 0 Å². The van der Waals surface area contributed by atoms with Gasteiger partial charge in [-0.1, -0.05) is 0 Å². The van der Waals surface area contributed by atoms with Gasteiger partial charge >= 0.3 is 69.2 Å². The second-order valence-electron chi connectivity index (χ2n) is 1.51.